The molecule has 0 bridgehead atoms. The lowest BCUT2D eigenvalue weighted by Gasteiger charge is -2.18. The molecule has 10 heteroatoms. The van der Waals surface area contributed by atoms with Crippen LogP contribution in [0.5, 0.6) is 11.5 Å². The van der Waals surface area contributed by atoms with Crippen molar-refractivity contribution in [1.82, 2.24) is 18.7 Å². The summed E-state index contributed by atoms with van der Waals surface area (Å²) in [7, 11) is 8.11. The normalized spacial score (nSPS) is 12.2. The van der Waals surface area contributed by atoms with E-state index >= 15 is 0 Å². The van der Waals surface area contributed by atoms with E-state index in [-0.39, 0.29) is 24.3 Å². The Hall–Kier alpha value is -3.27. The first-order chi connectivity index (χ1) is 13.7. The number of aromatic nitrogens is 4. The Labute approximate surface area is 167 Å². The Kier molecular flexibility index (Phi) is 5.64. The van der Waals surface area contributed by atoms with Crippen molar-refractivity contribution in [3.05, 3.63) is 45.1 Å². The van der Waals surface area contributed by atoms with Gasteiger partial charge in [0.05, 0.1) is 13.7 Å². The molecule has 2 aromatic heterocycles. The van der Waals surface area contributed by atoms with Crippen LogP contribution in [0.1, 0.15) is 0 Å². The van der Waals surface area contributed by atoms with Crippen LogP contribution in [0.25, 0.3) is 11.2 Å². The van der Waals surface area contributed by atoms with E-state index in [4.69, 9.17) is 9.47 Å². The topological polar surface area (TPSA) is 104 Å². The number of anilines is 1. The van der Waals surface area contributed by atoms with Crippen LogP contribution in [0.2, 0.25) is 0 Å². The largest absolute Gasteiger partial charge is 0.497 e. The van der Waals surface area contributed by atoms with Gasteiger partial charge in [-0.2, -0.15) is 4.98 Å². The average molecular weight is 403 g/mol. The fraction of sp³-hybridized carbons (Fsp3) is 0.421. The van der Waals surface area contributed by atoms with Crippen molar-refractivity contribution < 1.29 is 14.6 Å². The third kappa shape index (κ3) is 3.83. The third-order valence-corrected chi connectivity index (χ3v) is 4.62. The zero-order chi connectivity index (χ0) is 21.3. The number of fused-ring (bicyclic) bond motifs is 1. The molecule has 0 saturated carbocycles. The second-order valence-corrected chi connectivity index (χ2v) is 6.94. The van der Waals surface area contributed by atoms with Gasteiger partial charge in [0.1, 0.15) is 24.2 Å². The predicted octanol–water partition coefficient (Wildman–Crippen LogP) is -0.0518. The summed E-state index contributed by atoms with van der Waals surface area (Å²) in [5.74, 6) is 1.76. The molecule has 0 spiro atoms. The zero-order valence-electron chi connectivity index (χ0n) is 17.1. The molecule has 29 heavy (non-hydrogen) atoms. The van der Waals surface area contributed by atoms with Gasteiger partial charge in [-0.15, -0.1) is 0 Å². The SMILES string of the molecule is COc1ccc(OC[C@@H](O)Cn2c(N(C)C)nc3c2c(=O)n(C)c(=O)n3C)cc1. The van der Waals surface area contributed by atoms with Crippen LogP contribution in [-0.4, -0.2) is 57.7 Å². The van der Waals surface area contributed by atoms with Crippen LogP contribution in [0.3, 0.4) is 0 Å². The standard InChI is InChI=1S/C19H25N5O5/c1-21(2)18-20-16-15(17(26)23(4)19(27)22(16)3)24(18)10-12(25)11-29-14-8-6-13(28-5)7-9-14/h6-9,12,25H,10-11H2,1-5H3/t12-/m0/s1. The molecule has 3 aromatic rings. The number of ether oxygens (including phenoxy) is 2. The summed E-state index contributed by atoms with van der Waals surface area (Å²) in [6.45, 7) is 0.0958. The van der Waals surface area contributed by atoms with Gasteiger partial charge in [0, 0.05) is 28.2 Å². The lowest BCUT2D eigenvalue weighted by Crippen LogP contribution is -2.38. The maximum Gasteiger partial charge on any atom is 0.332 e. The number of hydrogen-bond donors (Lipinski definition) is 1. The molecule has 0 saturated heterocycles. The minimum Gasteiger partial charge on any atom is -0.497 e. The highest BCUT2D eigenvalue weighted by atomic mass is 16.5. The first-order valence-electron chi connectivity index (χ1n) is 9.03. The van der Waals surface area contributed by atoms with Gasteiger partial charge in [0.15, 0.2) is 11.2 Å². The number of nitrogens with zero attached hydrogens (tertiary/aromatic N) is 5. The van der Waals surface area contributed by atoms with Crippen LogP contribution in [0.4, 0.5) is 5.95 Å². The van der Waals surface area contributed by atoms with E-state index in [0.29, 0.717) is 17.4 Å². The highest BCUT2D eigenvalue weighted by molar-refractivity contribution is 5.74. The number of aliphatic hydroxyl groups excluding tert-OH is 1. The molecule has 0 unspecified atom stereocenters. The van der Waals surface area contributed by atoms with E-state index in [2.05, 4.69) is 4.98 Å². The maximum absolute atomic E-state index is 12.7. The first kappa shape index (κ1) is 20.5. The minimum atomic E-state index is -0.907. The van der Waals surface area contributed by atoms with Crippen LogP contribution in [-0.2, 0) is 20.6 Å². The molecule has 2 heterocycles. The fourth-order valence-electron chi connectivity index (χ4n) is 3.08. The van der Waals surface area contributed by atoms with E-state index in [1.807, 2.05) is 0 Å². The third-order valence-electron chi connectivity index (χ3n) is 4.62. The lowest BCUT2D eigenvalue weighted by molar-refractivity contribution is 0.0936. The quantitative estimate of drug-likeness (QED) is 0.590. The molecule has 0 amide bonds. The number of methoxy groups -OCH3 is 1. The Bertz CT molecular complexity index is 1130. The molecule has 0 aliphatic heterocycles. The van der Waals surface area contributed by atoms with Crippen LogP contribution in [0, 0.1) is 0 Å². The van der Waals surface area contributed by atoms with Crippen LogP contribution in [0.15, 0.2) is 33.9 Å². The fourth-order valence-corrected chi connectivity index (χ4v) is 3.08. The Balaban J connectivity index is 1.90. The number of rotatable bonds is 7. The molecule has 156 valence electrons. The molecular weight excluding hydrogens is 378 g/mol. The summed E-state index contributed by atoms with van der Waals surface area (Å²) in [6, 6.07) is 7.02. The van der Waals surface area contributed by atoms with Crippen LogP contribution >= 0.6 is 0 Å². The summed E-state index contributed by atoms with van der Waals surface area (Å²) in [5.41, 5.74) is -0.403. The van der Waals surface area contributed by atoms with Gasteiger partial charge in [-0.1, -0.05) is 0 Å². The first-order valence-corrected chi connectivity index (χ1v) is 9.03. The van der Waals surface area contributed by atoms with Gasteiger partial charge < -0.3 is 24.0 Å². The highest BCUT2D eigenvalue weighted by Crippen LogP contribution is 2.20. The second kappa shape index (κ2) is 8.00. The van der Waals surface area contributed by atoms with Crippen molar-refractivity contribution >= 4 is 17.1 Å². The van der Waals surface area contributed by atoms with Crippen molar-refractivity contribution in [2.75, 3.05) is 32.7 Å². The average Bonchev–Trinajstić information content (AvgIpc) is 3.09. The number of hydrogen-bond acceptors (Lipinski definition) is 7. The summed E-state index contributed by atoms with van der Waals surface area (Å²) < 4.78 is 14.7. The number of imidazole rings is 1. The van der Waals surface area contributed by atoms with Crippen molar-refractivity contribution in [3.63, 3.8) is 0 Å². The molecule has 0 fully saturated rings. The van der Waals surface area contributed by atoms with Gasteiger partial charge in [0.25, 0.3) is 5.56 Å². The van der Waals surface area contributed by atoms with Gasteiger partial charge >= 0.3 is 5.69 Å². The predicted molar refractivity (Wildman–Crippen MR) is 109 cm³/mol. The summed E-state index contributed by atoms with van der Waals surface area (Å²) in [5, 5.41) is 10.5. The molecule has 0 aliphatic carbocycles. The van der Waals surface area contributed by atoms with E-state index in [9.17, 15) is 14.7 Å². The Morgan fingerprint density at radius 2 is 1.72 bits per heavy atom. The monoisotopic (exact) mass is 403 g/mol. The lowest BCUT2D eigenvalue weighted by atomic mass is 10.3. The van der Waals surface area contributed by atoms with E-state index < -0.39 is 17.4 Å². The van der Waals surface area contributed by atoms with E-state index in [1.54, 1.807) is 62.0 Å². The molecule has 1 aromatic carbocycles. The highest BCUT2D eigenvalue weighted by Gasteiger charge is 2.22. The molecule has 3 rings (SSSR count). The van der Waals surface area contributed by atoms with Gasteiger partial charge in [-0.25, -0.2) is 4.79 Å². The molecule has 0 radical (unpaired) electrons. The van der Waals surface area contributed by atoms with Crippen molar-refractivity contribution in [2.45, 2.75) is 12.6 Å². The summed E-state index contributed by atoms with van der Waals surface area (Å²) in [4.78, 5) is 31.1. The van der Waals surface area contributed by atoms with Crippen molar-refractivity contribution in [2.24, 2.45) is 14.1 Å². The Morgan fingerprint density at radius 1 is 1.10 bits per heavy atom. The number of benzene rings is 1. The van der Waals surface area contributed by atoms with E-state index in [1.165, 1.54) is 11.6 Å². The number of aryl methyl sites for hydroxylation is 1. The Morgan fingerprint density at radius 3 is 2.31 bits per heavy atom. The molecule has 0 aliphatic rings. The molecule has 10 nitrogen and oxygen atoms in total. The van der Waals surface area contributed by atoms with Crippen molar-refractivity contribution in [3.8, 4) is 11.5 Å². The minimum absolute atomic E-state index is 0.0188. The van der Waals surface area contributed by atoms with Gasteiger partial charge in [-0.05, 0) is 24.3 Å². The van der Waals surface area contributed by atoms with Gasteiger partial charge in [0.2, 0.25) is 5.95 Å². The van der Waals surface area contributed by atoms with Crippen LogP contribution < -0.4 is 25.6 Å². The second-order valence-electron chi connectivity index (χ2n) is 6.94. The maximum atomic E-state index is 12.7. The van der Waals surface area contributed by atoms with E-state index in [0.717, 1.165) is 4.57 Å². The number of aliphatic hydroxyl groups is 1. The summed E-state index contributed by atoms with van der Waals surface area (Å²) in [6.07, 6.45) is -0.907. The smallest absolute Gasteiger partial charge is 0.332 e. The van der Waals surface area contributed by atoms with Crippen molar-refractivity contribution in [1.29, 1.82) is 0 Å². The van der Waals surface area contributed by atoms with Gasteiger partial charge in [-0.3, -0.25) is 13.9 Å². The zero-order valence-corrected chi connectivity index (χ0v) is 17.1. The molecule has 1 atom stereocenters. The summed E-state index contributed by atoms with van der Waals surface area (Å²) >= 11 is 0. The molecule has 1 N–H and O–H groups in total. The molecular formula is C19H25N5O5.